The minimum atomic E-state index is -3.32. The largest absolute Gasteiger partial charge is 0.496 e. The van der Waals surface area contributed by atoms with Gasteiger partial charge in [0.05, 0.1) is 56.5 Å². The van der Waals surface area contributed by atoms with E-state index in [-0.39, 0.29) is 24.1 Å². The van der Waals surface area contributed by atoms with Crippen LogP contribution in [0.2, 0.25) is 0 Å². The molecule has 2 aliphatic rings. The molecule has 0 unspecified atom stereocenters. The van der Waals surface area contributed by atoms with Crippen LogP contribution in [0.15, 0.2) is 42.5 Å². The molecule has 2 amide bonds. The average Bonchev–Trinajstić information content (AvgIpc) is 3.23. The number of hydrogen-bond acceptors (Lipinski definition) is 7. The number of anilines is 1. The number of benzene rings is 2. The van der Waals surface area contributed by atoms with Crippen LogP contribution < -0.4 is 14.4 Å². The summed E-state index contributed by atoms with van der Waals surface area (Å²) in [6.45, 7) is 2.50. The topological polar surface area (TPSA) is 102 Å². The summed E-state index contributed by atoms with van der Waals surface area (Å²) in [6.07, 6.45) is 0. The number of carbonyl (C=O) groups excluding carboxylic acids is 2. The fourth-order valence-corrected chi connectivity index (χ4v) is 6.41. The van der Waals surface area contributed by atoms with Crippen molar-refractivity contribution >= 4 is 27.5 Å². The molecule has 2 aromatic carbocycles. The molecule has 0 N–H and O–H groups in total. The summed E-state index contributed by atoms with van der Waals surface area (Å²) in [5.41, 5.74) is 1.51. The molecule has 0 spiro atoms. The first-order chi connectivity index (χ1) is 15.8. The lowest BCUT2D eigenvalue weighted by molar-refractivity contribution is 0.0600. The Kier molecular flexibility index (Phi) is 6.20. The molecule has 176 valence electrons. The van der Waals surface area contributed by atoms with Gasteiger partial charge in [-0.1, -0.05) is 0 Å². The van der Waals surface area contributed by atoms with Crippen LogP contribution in [0.4, 0.5) is 10.5 Å². The van der Waals surface area contributed by atoms with E-state index in [1.807, 2.05) is 6.92 Å². The van der Waals surface area contributed by atoms with E-state index in [9.17, 15) is 18.0 Å². The van der Waals surface area contributed by atoms with Gasteiger partial charge in [0, 0.05) is 11.3 Å². The van der Waals surface area contributed by atoms with Crippen LogP contribution in [0, 0.1) is 0 Å². The number of ether oxygens (including phenoxy) is 3. The number of fused-ring (bicyclic) bond motifs is 1. The zero-order valence-corrected chi connectivity index (χ0v) is 19.5. The number of urea groups is 1. The van der Waals surface area contributed by atoms with Crippen LogP contribution in [0.5, 0.6) is 11.5 Å². The summed E-state index contributed by atoms with van der Waals surface area (Å²) >= 11 is 0. The Morgan fingerprint density at radius 2 is 1.76 bits per heavy atom. The highest BCUT2D eigenvalue weighted by Crippen LogP contribution is 2.37. The van der Waals surface area contributed by atoms with Gasteiger partial charge in [0.25, 0.3) is 0 Å². The third-order valence-corrected chi connectivity index (χ3v) is 7.64. The van der Waals surface area contributed by atoms with Gasteiger partial charge in [-0.2, -0.15) is 0 Å². The molecule has 2 atom stereocenters. The number of amides is 2. The summed E-state index contributed by atoms with van der Waals surface area (Å²) in [5, 5.41) is 0. The second kappa shape index (κ2) is 8.93. The summed E-state index contributed by atoms with van der Waals surface area (Å²) in [7, 11) is -0.531. The van der Waals surface area contributed by atoms with Crippen molar-refractivity contribution < 1.29 is 32.2 Å². The Morgan fingerprint density at radius 3 is 2.39 bits per heavy atom. The Labute approximate surface area is 192 Å². The summed E-state index contributed by atoms with van der Waals surface area (Å²) < 4.78 is 40.7. The number of sulfone groups is 1. The zero-order valence-electron chi connectivity index (χ0n) is 18.7. The molecule has 33 heavy (non-hydrogen) atoms. The van der Waals surface area contributed by atoms with Crippen LogP contribution in [0.25, 0.3) is 0 Å². The first-order valence-electron chi connectivity index (χ1n) is 10.6. The van der Waals surface area contributed by atoms with Gasteiger partial charge in [0.15, 0.2) is 9.84 Å². The minimum Gasteiger partial charge on any atom is -0.496 e. The van der Waals surface area contributed by atoms with Gasteiger partial charge in [0.2, 0.25) is 0 Å². The molecular formula is C23H26N2O7S. The smallest absolute Gasteiger partial charge is 0.337 e. The molecule has 2 fully saturated rings. The minimum absolute atomic E-state index is 0.0943. The molecule has 9 nitrogen and oxygen atoms in total. The van der Waals surface area contributed by atoms with E-state index in [1.54, 1.807) is 52.3 Å². The van der Waals surface area contributed by atoms with Gasteiger partial charge >= 0.3 is 12.0 Å². The molecule has 4 rings (SSSR count). The lowest BCUT2D eigenvalue weighted by atomic mass is 10.1. The number of nitrogens with zero attached hydrogens (tertiary/aromatic N) is 2. The van der Waals surface area contributed by atoms with Crippen LogP contribution in [-0.4, -0.2) is 69.7 Å². The third kappa shape index (κ3) is 4.35. The van der Waals surface area contributed by atoms with E-state index >= 15 is 0 Å². The standard InChI is InChI=1S/C23H26N2O7S/c1-4-32-18-8-6-17(7-9-18)25-20-14-33(28,29)13-19(20)24(23(25)27)12-16-11-15(22(26)31-3)5-10-21(16)30-2/h5-11,19-20H,4,12-14H2,1-3H3/t19-,20+/m0/s1. The molecule has 2 aromatic rings. The van der Waals surface area contributed by atoms with Crippen molar-refractivity contribution in [1.82, 2.24) is 4.90 Å². The maximum absolute atomic E-state index is 13.5. The highest BCUT2D eigenvalue weighted by molar-refractivity contribution is 7.91. The van der Waals surface area contributed by atoms with E-state index in [2.05, 4.69) is 0 Å². The summed E-state index contributed by atoms with van der Waals surface area (Å²) in [6, 6.07) is 10.5. The van der Waals surface area contributed by atoms with Crippen molar-refractivity contribution in [3.63, 3.8) is 0 Å². The van der Waals surface area contributed by atoms with Gasteiger partial charge in [-0.05, 0) is 49.4 Å². The molecule has 0 aromatic heterocycles. The molecular weight excluding hydrogens is 448 g/mol. The predicted octanol–water partition coefficient (Wildman–Crippen LogP) is 2.49. The first-order valence-corrected chi connectivity index (χ1v) is 12.4. The molecule has 2 aliphatic heterocycles. The lowest BCUT2D eigenvalue weighted by Gasteiger charge is -2.23. The second-order valence-electron chi connectivity index (χ2n) is 7.94. The van der Waals surface area contributed by atoms with Gasteiger partial charge in [-0.15, -0.1) is 0 Å². The summed E-state index contributed by atoms with van der Waals surface area (Å²) in [5.74, 6) is 0.434. The van der Waals surface area contributed by atoms with Gasteiger partial charge in [-0.25, -0.2) is 18.0 Å². The van der Waals surface area contributed by atoms with Crippen molar-refractivity contribution in [2.75, 3.05) is 37.2 Å². The molecule has 2 saturated heterocycles. The monoisotopic (exact) mass is 474 g/mol. The van der Waals surface area contributed by atoms with E-state index in [1.165, 1.54) is 14.2 Å². The van der Waals surface area contributed by atoms with Gasteiger partial charge in [0.1, 0.15) is 11.5 Å². The zero-order chi connectivity index (χ0) is 23.8. The molecule has 10 heteroatoms. The van der Waals surface area contributed by atoms with E-state index in [0.717, 1.165) is 0 Å². The van der Waals surface area contributed by atoms with Crippen LogP contribution in [0.3, 0.4) is 0 Å². The van der Waals surface area contributed by atoms with Crippen LogP contribution in [0.1, 0.15) is 22.8 Å². The fraction of sp³-hybridized carbons (Fsp3) is 0.391. The Balaban J connectivity index is 1.69. The Morgan fingerprint density at radius 1 is 1.06 bits per heavy atom. The highest BCUT2D eigenvalue weighted by Gasteiger charge is 2.54. The molecule has 0 bridgehead atoms. The van der Waals surface area contributed by atoms with Crippen LogP contribution >= 0.6 is 0 Å². The molecule has 0 saturated carbocycles. The van der Waals surface area contributed by atoms with Crippen molar-refractivity contribution in [1.29, 1.82) is 0 Å². The number of esters is 1. The second-order valence-corrected chi connectivity index (χ2v) is 10.1. The van der Waals surface area contributed by atoms with Crippen molar-refractivity contribution in [3.05, 3.63) is 53.6 Å². The van der Waals surface area contributed by atoms with Crippen LogP contribution in [-0.2, 0) is 21.1 Å². The number of methoxy groups -OCH3 is 2. The maximum atomic E-state index is 13.5. The van der Waals surface area contributed by atoms with E-state index in [0.29, 0.717) is 34.9 Å². The van der Waals surface area contributed by atoms with Crippen molar-refractivity contribution in [2.45, 2.75) is 25.6 Å². The number of carbonyl (C=O) groups is 2. The fourth-order valence-electron chi connectivity index (χ4n) is 4.46. The van der Waals surface area contributed by atoms with Gasteiger partial charge < -0.3 is 19.1 Å². The maximum Gasteiger partial charge on any atom is 0.337 e. The molecule has 0 radical (unpaired) electrons. The summed E-state index contributed by atoms with van der Waals surface area (Å²) in [4.78, 5) is 28.6. The third-order valence-electron chi connectivity index (χ3n) is 5.95. The number of hydrogen-bond donors (Lipinski definition) is 0. The lowest BCUT2D eigenvalue weighted by Crippen LogP contribution is -2.37. The Hall–Kier alpha value is -3.27. The SMILES string of the molecule is CCOc1ccc(N2C(=O)N(Cc3cc(C(=O)OC)ccc3OC)[C@H]3CS(=O)(=O)C[C@H]32)cc1. The normalized spacial score (nSPS) is 21.1. The highest BCUT2D eigenvalue weighted by atomic mass is 32.2. The average molecular weight is 475 g/mol. The van der Waals surface area contributed by atoms with E-state index < -0.39 is 27.9 Å². The van der Waals surface area contributed by atoms with Crippen molar-refractivity contribution in [2.24, 2.45) is 0 Å². The van der Waals surface area contributed by atoms with E-state index in [4.69, 9.17) is 14.2 Å². The van der Waals surface area contributed by atoms with Gasteiger partial charge in [-0.3, -0.25) is 4.90 Å². The molecule has 2 heterocycles. The predicted molar refractivity (Wildman–Crippen MR) is 122 cm³/mol. The van der Waals surface area contributed by atoms with Crippen molar-refractivity contribution in [3.8, 4) is 11.5 Å². The first kappa shape index (κ1) is 22.9. The number of rotatable bonds is 7. The quantitative estimate of drug-likeness (QED) is 0.449. The Bertz CT molecular complexity index is 1160. The molecule has 0 aliphatic carbocycles.